The van der Waals surface area contributed by atoms with Crippen LogP contribution < -0.4 is 4.90 Å². The van der Waals surface area contributed by atoms with Gasteiger partial charge in [-0.05, 0) is 30.7 Å². The fourth-order valence-electron chi connectivity index (χ4n) is 2.10. The highest BCUT2D eigenvalue weighted by molar-refractivity contribution is 9.08. The Balaban J connectivity index is 2.27. The number of halogens is 2. The minimum Gasteiger partial charge on any atom is -0.366 e. The summed E-state index contributed by atoms with van der Waals surface area (Å²) in [6.07, 6.45) is 0. The highest BCUT2D eigenvalue weighted by atomic mass is 79.9. The number of anilines is 1. The Kier molecular flexibility index (Phi) is 4.53. The molecule has 0 amide bonds. The lowest BCUT2D eigenvalue weighted by Crippen LogP contribution is -2.20. The summed E-state index contributed by atoms with van der Waals surface area (Å²) in [5.41, 5.74) is 3.48. The van der Waals surface area contributed by atoms with Crippen molar-refractivity contribution < 1.29 is 4.39 Å². The lowest BCUT2D eigenvalue weighted by Gasteiger charge is -2.22. The molecule has 0 aliphatic carbocycles. The van der Waals surface area contributed by atoms with E-state index in [1.807, 2.05) is 43.1 Å². The van der Waals surface area contributed by atoms with E-state index in [-0.39, 0.29) is 5.82 Å². The first-order valence-electron chi connectivity index (χ1n) is 6.09. The lowest BCUT2D eigenvalue weighted by atomic mass is 10.1. The summed E-state index contributed by atoms with van der Waals surface area (Å²) in [7, 11) is 1.88. The molecule has 2 nitrogen and oxygen atoms in total. The zero-order valence-corrected chi connectivity index (χ0v) is 12.6. The van der Waals surface area contributed by atoms with Crippen LogP contribution >= 0.6 is 15.9 Å². The summed E-state index contributed by atoms with van der Waals surface area (Å²) in [4.78, 5) is 6.34. The number of aromatic nitrogens is 1. The first-order valence-corrected chi connectivity index (χ1v) is 7.21. The van der Waals surface area contributed by atoms with Crippen LogP contribution in [0.15, 0.2) is 36.4 Å². The molecule has 0 saturated carbocycles. The van der Waals surface area contributed by atoms with Gasteiger partial charge in [0.1, 0.15) is 5.82 Å². The Hall–Kier alpha value is -1.42. The summed E-state index contributed by atoms with van der Waals surface area (Å²) in [5.74, 6) is -0.202. The molecule has 0 bridgehead atoms. The Labute approximate surface area is 121 Å². The van der Waals surface area contributed by atoms with Crippen LogP contribution in [0.5, 0.6) is 0 Å². The number of alkyl halides is 1. The second-order valence-corrected chi connectivity index (χ2v) is 5.07. The van der Waals surface area contributed by atoms with E-state index in [0.29, 0.717) is 17.6 Å². The summed E-state index contributed by atoms with van der Waals surface area (Å²) in [6.45, 7) is 2.54. The number of hydrogen-bond donors (Lipinski definition) is 0. The monoisotopic (exact) mass is 322 g/mol. The molecule has 0 aliphatic rings. The number of benzene rings is 1. The van der Waals surface area contributed by atoms with Gasteiger partial charge in [0.2, 0.25) is 0 Å². The number of pyridine rings is 1. The van der Waals surface area contributed by atoms with E-state index in [1.54, 1.807) is 6.07 Å². The van der Waals surface area contributed by atoms with Gasteiger partial charge in [0.15, 0.2) is 0 Å². The van der Waals surface area contributed by atoms with Crippen molar-refractivity contribution in [2.45, 2.75) is 18.8 Å². The normalized spacial score (nSPS) is 10.5. The average molecular weight is 323 g/mol. The standard InChI is InChI=1S/C15H16BrFN2/c1-11-5-3-7-13(18-11)10-19(2)15-12(9-16)6-4-8-14(15)17/h3-8H,9-10H2,1-2H3. The summed E-state index contributed by atoms with van der Waals surface area (Å²) >= 11 is 3.40. The Morgan fingerprint density at radius 3 is 2.63 bits per heavy atom. The van der Waals surface area contributed by atoms with Gasteiger partial charge < -0.3 is 4.90 Å². The first kappa shape index (κ1) is 14.0. The molecule has 19 heavy (non-hydrogen) atoms. The van der Waals surface area contributed by atoms with Gasteiger partial charge in [-0.15, -0.1) is 0 Å². The predicted octanol–water partition coefficient (Wildman–Crippen LogP) is 4.06. The molecule has 1 aromatic heterocycles. The predicted molar refractivity (Wildman–Crippen MR) is 80.1 cm³/mol. The number of para-hydroxylation sites is 1. The topological polar surface area (TPSA) is 16.1 Å². The van der Waals surface area contributed by atoms with Gasteiger partial charge in [0.05, 0.1) is 17.9 Å². The highest BCUT2D eigenvalue weighted by Crippen LogP contribution is 2.26. The van der Waals surface area contributed by atoms with Crippen molar-refractivity contribution in [2.75, 3.05) is 11.9 Å². The second-order valence-electron chi connectivity index (χ2n) is 4.51. The highest BCUT2D eigenvalue weighted by Gasteiger charge is 2.13. The Bertz CT molecular complexity index is 572. The zero-order valence-electron chi connectivity index (χ0n) is 11.0. The van der Waals surface area contributed by atoms with Crippen molar-refractivity contribution in [3.63, 3.8) is 0 Å². The van der Waals surface area contributed by atoms with Gasteiger partial charge in [-0.25, -0.2) is 4.39 Å². The summed E-state index contributed by atoms with van der Waals surface area (Å²) < 4.78 is 14.0. The van der Waals surface area contributed by atoms with Crippen molar-refractivity contribution in [1.29, 1.82) is 0 Å². The third-order valence-electron chi connectivity index (χ3n) is 2.94. The molecule has 0 spiro atoms. The van der Waals surface area contributed by atoms with Crippen molar-refractivity contribution in [3.05, 3.63) is 59.2 Å². The fourth-order valence-corrected chi connectivity index (χ4v) is 2.56. The fraction of sp³-hybridized carbons (Fsp3) is 0.267. The van der Waals surface area contributed by atoms with Gasteiger partial charge in [-0.2, -0.15) is 0 Å². The first-order chi connectivity index (χ1) is 9.11. The van der Waals surface area contributed by atoms with Crippen molar-refractivity contribution >= 4 is 21.6 Å². The summed E-state index contributed by atoms with van der Waals surface area (Å²) in [5, 5.41) is 0.631. The zero-order chi connectivity index (χ0) is 13.8. The quantitative estimate of drug-likeness (QED) is 0.789. The van der Waals surface area contributed by atoms with Gasteiger partial charge in [-0.3, -0.25) is 4.98 Å². The van der Waals surface area contributed by atoms with Gasteiger partial charge >= 0.3 is 0 Å². The molecule has 1 aromatic carbocycles. The van der Waals surface area contributed by atoms with Gasteiger partial charge in [-0.1, -0.05) is 34.1 Å². The molecule has 0 aliphatic heterocycles. The Morgan fingerprint density at radius 2 is 1.95 bits per heavy atom. The van der Waals surface area contributed by atoms with Crippen molar-refractivity contribution in [3.8, 4) is 0 Å². The maximum atomic E-state index is 14.0. The van der Waals surface area contributed by atoms with E-state index < -0.39 is 0 Å². The van der Waals surface area contributed by atoms with Crippen LogP contribution in [0.4, 0.5) is 10.1 Å². The maximum Gasteiger partial charge on any atom is 0.146 e. The summed E-state index contributed by atoms with van der Waals surface area (Å²) in [6, 6.07) is 11.0. The second kappa shape index (κ2) is 6.15. The minimum atomic E-state index is -0.202. The average Bonchev–Trinajstić information content (AvgIpc) is 2.38. The van der Waals surface area contributed by atoms with Gasteiger partial charge in [0, 0.05) is 18.1 Å². The van der Waals surface area contributed by atoms with Crippen LogP contribution in [0.2, 0.25) is 0 Å². The molecule has 1 heterocycles. The molecular formula is C15H16BrFN2. The molecule has 100 valence electrons. The lowest BCUT2D eigenvalue weighted by molar-refractivity contribution is 0.620. The third kappa shape index (κ3) is 3.32. The van der Waals surface area contributed by atoms with Crippen LogP contribution in [0.3, 0.4) is 0 Å². The van der Waals surface area contributed by atoms with Crippen LogP contribution in [-0.2, 0) is 11.9 Å². The third-order valence-corrected chi connectivity index (χ3v) is 3.55. The van der Waals surface area contributed by atoms with Crippen molar-refractivity contribution in [2.24, 2.45) is 0 Å². The molecule has 2 aromatic rings. The van der Waals surface area contributed by atoms with Crippen LogP contribution in [-0.4, -0.2) is 12.0 Å². The number of hydrogen-bond acceptors (Lipinski definition) is 2. The Morgan fingerprint density at radius 1 is 1.21 bits per heavy atom. The van der Waals surface area contributed by atoms with E-state index in [9.17, 15) is 4.39 Å². The van der Waals surface area contributed by atoms with Gasteiger partial charge in [0.25, 0.3) is 0 Å². The number of nitrogens with zero attached hydrogens (tertiary/aromatic N) is 2. The maximum absolute atomic E-state index is 14.0. The van der Waals surface area contributed by atoms with Crippen LogP contribution in [0.25, 0.3) is 0 Å². The van der Waals surface area contributed by atoms with E-state index in [4.69, 9.17) is 0 Å². The van der Waals surface area contributed by atoms with E-state index in [0.717, 1.165) is 17.0 Å². The molecule has 0 unspecified atom stereocenters. The molecule has 0 atom stereocenters. The SMILES string of the molecule is Cc1cccc(CN(C)c2c(F)cccc2CBr)n1. The molecule has 2 rings (SSSR count). The molecule has 0 saturated heterocycles. The van der Waals surface area contributed by atoms with Crippen molar-refractivity contribution in [1.82, 2.24) is 4.98 Å². The van der Waals surface area contributed by atoms with Crippen LogP contribution in [0.1, 0.15) is 17.0 Å². The minimum absolute atomic E-state index is 0.202. The molecule has 0 fully saturated rings. The largest absolute Gasteiger partial charge is 0.366 e. The number of aryl methyl sites for hydroxylation is 1. The van der Waals surface area contributed by atoms with E-state index in [2.05, 4.69) is 20.9 Å². The number of rotatable bonds is 4. The van der Waals surface area contributed by atoms with Crippen LogP contribution in [0, 0.1) is 12.7 Å². The molecule has 0 radical (unpaired) electrons. The molecule has 4 heteroatoms. The smallest absolute Gasteiger partial charge is 0.146 e. The van der Waals surface area contributed by atoms with E-state index >= 15 is 0 Å². The molecule has 0 N–H and O–H groups in total. The van der Waals surface area contributed by atoms with E-state index in [1.165, 1.54) is 6.07 Å². The molecular weight excluding hydrogens is 307 g/mol.